The van der Waals surface area contributed by atoms with Crippen LogP contribution in [-0.4, -0.2) is 0 Å². The molecule has 0 saturated heterocycles. The van der Waals surface area contributed by atoms with Crippen LogP contribution in [0.15, 0.2) is 188 Å². The van der Waals surface area contributed by atoms with Crippen molar-refractivity contribution >= 4 is 17.1 Å². The Morgan fingerprint density at radius 1 is 0.261 bits per heavy atom. The monoisotopic (exact) mass is 889 g/mol. The van der Waals surface area contributed by atoms with Crippen LogP contribution in [0.3, 0.4) is 0 Å². The molecular weight excluding hydrogens is 831 g/mol. The zero-order chi connectivity index (χ0) is 45.0. The molecule has 336 valence electrons. The summed E-state index contributed by atoms with van der Waals surface area (Å²) in [5.41, 5.74) is 23.9. The van der Waals surface area contributed by atoms with E-state index in [0.717, 1.165) is 47.3 Å². The summed E-state index contributed by atoms with van der Waals surface area (Å²) in [6.07, 6.45) is 14.2. The Bertz CT molecular complexity index is 3320. The van der Waals surface area contributed by atoms with Gasteiger partial charge in [0.15, 0.2) is 0 Å². The van der Waals surface area contributed by atoms with Crippen molar-refractivity contribution in [2.45, 2.75) is 75.0 Å². The van der Waals surface area contributed by atoms with Crippen molar-refractivity contribution in [1.29, 1.82) is 0 Å². The third kappa shape index (κ3) is 5.48. The minimum atomic E-state index is 0.157. The van der Waals surface area contributed by atoms with Crippen LogP contribution in [0.25, 0.3) is 55.6 Å². The third-order valence-corrected chi connectivity index (χ3v) is 20.2. The van der Waals surface area contributed by atoms with Gasteiger partial charge in [-0.3, -0.25) is 0 Å². The highest BCUT2D eigenvalue weighted by Gasteiger charge is 2.63. The van der Waals surface area contributed by atoms with Gasteiger partial charge in [0.1, 0.15) is 0 Å². The second kappa shape index (κ2) is 14.6. The first-order valence-corrected chi connectivity index (χ1v) is 26.7. The van der Waals surface area contributed by atoms with Gasteiger partial charge in [-0.05, 0) is 238 Å². The Kier molecular flexibility index (Phi) is 8.31. The molecule has 0 N–H and O–H groups in total. The van der Waals surface area contributed by atoms with Gasteiger partial charge in [-0.1, -0.05) is 140 Å². The molecule has 8 aromatic rings. The summed E-state index contributed by atoms with van der Waals surface area (Å²) < 4.78 is 0. The second-order valence-electron chi connectivity index (χ2n) is 23.3. The van der Waals surface area contributed by atoms with Crippen LogP contribution in [-0.2, 0) is 10.8 Å². The number of hydrogen-bond acceptors (Lipinski definition) is 1. The summed E-state index contributed by atoms with van der Waals surface area (Å²) in [6, 6.07) is 73.1. The molecule has 0 atom stereocenters. The highest BCUT2D eigenvalue weighted by molar-refractivity contribution is 5.89. The Morgan fingerprint density at radius 3 is 1.30 bits per heavy atom. The predicted octanol–water partition coefficient (Wildman–Crippen LogP) is 17.6. The molecule has 1 heteroatoms. The second-order valence-corrected chi connectivity index (χ2v) is 23.3. The number of anilines is 3. The lowest BCUT2D eigenvalue weighted by atomic mass is 9.43. The van der Waals surface area contributed by atoms with E-state index in [4.69, 9.17) is 0 Å². The number of hydrogen-bond donors (Lipinski definition) is 0. The molecule has 10 aliphatic rings. The number of benzene rings is 8. The summed E-state index contributed by atoms with van der Waals surface area (Å²) in [7, 11) is 0. The molecule has 0 heterocycles. The molecule has 0 unspecified atom stereocenters. The minimum absolute atomic E-state index is 0.157. The van der Waals surface area contributed by atoms with Gasteiger partial charge in [-0.2, -0.15) is 0 Å². The van der Waals surface area contributed by atoms with Crippen LogP contribution in [0.4, 0.5) is 17.1 Å². The average molecular weight is 890 g/mol. The number of rotatable bonds is 6. The van der Waals surface area contributed by atoms with E-state index in [1.807, 2.05) is 0 Å². The van der Waals surface area contributed by atoms with Crippen molar-refractivity contribution in [3.63, 3.8) is 0 Å². The molecular formula is C68H59N. The Hall–Kier alpha value is -6.44. The van der Waals surface area contributed by atoms with E-state index < -0.39 is 0 Å². The van der Waals surface area contributed by atoms with Crippen LogP contribution in [0.5, 0.6) is 0 Å². The Balaban J connectivity index is 0.802. The normalized spacial score (nSPS) is 29.9. The molecule has 10 aliphatic carbocycles. The standard InChI is InChI=1S/C68H59N/c1-2-10-46(11-3-1)47-20-23-56(24-21-47)69(58-25-27-65-62(41-58)60-17-5-7-19-64(60)67(65)52-30-42-28-43(32-52)33-53(67)31-42)57-15-9-14-50(39-57)48-12-8-13-49(38-48)51-22-26-61-59-16-4-6-18-63(59)68(66(61)40-51)54-34-44-29-45(36-54)37-55(68)35-44/h1-27,38-45,52-55H,28-37H2. The molecule has 8 bridgehead atoms. The van der Waals surface area contributed by atoms with Crippen molar-refractivity contribution in [3.05, 3.63) is 210 Å². The highest BCUT2D eigenvalue weighted by Crippen LogP contribution is 2.71. The fraction of sp³-hybridized carbons (Fsp3) is 0.294. The van der Waals surface area contributed by atoms with Crippen molar-refractivity contribution in [1.82, 2.24) is 0 Å². The van der Waals surface area contributed by atoms with E-state index in [-0.39, 0.29) is 10.8 Å². The zero-order valence-corrected chi connectivity index (χ0v) is 39.5. The predicted molar refractivity (Wildman–Crippen MR) is 284 cm³/mol. The zero-order valence-electron chi connectivity index (χ0n) is 39.5. The molecule has 8 aromatic carbocycles. The van der Waals surface area contributed by atoms with E-state index in [2.05, 4.69) is 193 Å². The van der Waals surface area contributed by atoms with Crippen molar-refractivity contribution in [3.8, 4) is 55.6 Å². The summed E-state index contributed by atoms with van der Waals surface area (Å²) in [4.78, 5) is 2.52. The Labute approximate surface area is 408 Å². The molecule has 0 aromatic heterocycles. The molecule has 0 aliphatic heterocycles. The lowest BCUT2D eigenvalue weighted by Crippen LogP contribution is -2.55. The van der Waals surface area contributed by atoms with Crippen molar-refractivity contribution in [2.24, 2.45) is 47.3 Å². The minimum Gasteiger partial charge on any atom is -0.310 e. The van der Waals surface area contributed by atoms with Gasteiger partial charge in [-0.15, -0.1) is 0 Å². The molecule has 1 nitrogen and oxygen atoms in total. The third-order valence-electron chi connectivity index (χ3n) is 20.2. The van der Waals surface area contributed by atoms with Gasteiger partial charge in [0.05, 0.1) is 0 Å². The van der Waals surface area contributed by atoms with Crippen LogP contribution in [0, 0.1) is 47.3 Å². The topological polar surface area (TPSA) is 3.24 Å². The first kappa shape index (κ1) is 39.4. The lowest BCUT2D eigenvalue weighted by Gasteiger charge is -2.61. The number of fused-ring (bicyclic) bond motifs is 6. The van der Waals surface area contributed by atoms with E-state index in [1.165, 1.54) is 137 Å². The quantitative estimate of drug-likeness (QED) is 0.161. The fourth-order valence-corrected chi connectivity index (χ4v) is 18.2. The maximum Gasteiger partial charge on any atom is 0.0468 e. The Morgan fingerprint density at radius 2 is 0.681 bits per heavy atom. The van der Waals surface area contributed by atoms with Crippen molar-refractivity contribution < 1.29 is 0 Å². The molecule has 2 spiro atoms. The van der Waals surface area contributed by atoms with Gasteiger partial charge < -0.3 is 4.90 Å². The summed E-state index contributed by atoms with van der Waals surface area (Å²) in [6.45, 7) is 0. The lowest BCUT2D eigenvalue weighted by molar-refractivity contribution is -0.0399. The summed E-state index contributed by atoms with van der Waals surface area (Å²) in [5, 5.41) is 0. The summed E-state index contributed by atoms with van der Waals surface area (Å²) in [5.74, 6) is 6.77. The maximum atomic E-state index is 2.65. The van der Waals surface area contributed by atoms with Gasteiger partial charge in [0.2, 0.25) is 0 Å². The first-order valence-electron chi connectivity index (χ1n) is 26.7. The SMILES string of the molecule is c1ccc(-c2ccc(N(c3cccc(-c4cccc(-c5ccc6c(c5)C5(c7ccccc7-6)C6CC7CC(C6)CC5C7)c4)c3)c3ccc4c(c3)-c3ccccc3C43C4CC5CC(C4)CC3C5)cc2)cc1. The summed E-state index contributed by atoms with van der Waals surface area (Å²) >= 11 is 0. The van der Waals surface area contributed by atoms with Gasteiger partial charge in [0.25, 0.3) is 0 Å². The van der Waals surface area contributed by atoms with E-state index >= 15 is 0 Å². The number of nitrogens with zero attached hydrogens (tertiary/aromatic N) is 1. The van der Waals surface area contributed by atoms with Gasteiger partial charge >= 0.3 is 0 Å². The van der Waals surface area contributed by atoms with Crippen LogP contribution in [0.1, 0.15) is 86.5 Å². The van der Waals surface area contributed by atoms with Gasteiger partial charge in [0, 0.05) is 27.9 Å². The highest BCUT2D eigenvalue weighted by atomic mass is 15.1. The first-order chi connectivity index (χ1) is 34.1. The molecule has 0 radical (unpaired) electrons. The van der Waals surface area contributed by atoms with Gasteiger partial charge in [-0.25, -0.2) is 0 Å². The van der Waals surface area contributed by atoms with E-state index in [9.17, 15) is 0 Å². The molecule has 8 saturated carbocycles. The van der Waals surface area contributed by atoms with E-state index in [0.29, 0.717) is 0 Å². The molecule has 18 rings (SSSR count). The molecule has 8 fully saturated rings. The smallest absolute Gasteiger partial charge is 0.0468 e. The van der Waals surface area contributed by atoms with Crippen molar-refractivity contribution in [2.75, 3.05) is 4.90 Å². The van der Waals surface area contributed by atoms with Crippen LogP contribution >= 0.6 is 0 Å². The largest absolute Gasteiger partial charge is 0.310 e. The molecule has 0 amide bonds. The fourth-order valence-electron chi connectivity index (χ4n) is 18.2. The van der Waals surface area contributed by atoms with Crippen LogP contribution < -0.4 is 4.90 Å². The van der Waals surface area contributed by atoms with Crippen LogP contribution in [0.2, 0.25) is 0 Å². The molecule has 69 heavy (non-hydrogen) atoms. The van der Waals surface area contributed by atoms with E-state index in [1.54, 1.807) is 22.3 Å². The average Bonchev–Trinajstić information content (AvgIpc) is 3.85. The maximum absolute atomic E-state index is 2.65.